The number of anilines is 1. The molecule has 1 fully saturated rings. The van der Waals surface area contributed by atoms with Gasteiger partial charge in [-0.1, -0.05) is 32.6 Å². The number of nitrogens with zero attached hydrogens (tertiary/aromatic N) is 3. The number of aromatic nitrogens is 3. The minimum Gasteiger partial charge on any atom is -0.369 e. The lowest BCUT2D eigenvalue weighted by Gasteiger charge is -2.19. The third-order valence-electron chi connectivity index (χ3n) is 4.48. The summed E-state index contributed by atoms with van der Waals surface area (Å²) in [5.41, 5.74) is 8.93. The predicted molar refractivity (Wildman–Crippen MR) is 90.4 cm³/mol. The molecule has 0 aromatic carbocycles. The van der Waals surface area contributed by atoms with Crippen LogP contribution in [0.2, 0.25) is 0 Å². The largest absolute Gasteiger partial charge is 0.369 e. The molecular weight excluding hydrogens is 274 g/mol. The van der Waals surface area contributed by atoms with Crippen LogP contribution in [-0.2, 0) is 6.42 Å². The van der Waals surface area contributed by atoms with Crippen molar-refractivity contribution in [1.29, 1.82) is 0 Å². The van der Waals surface area contributed by atoms with Crippen molar-refractivity contribution in [2.24, 2.45) is 5.73 Å². The van der Waals surface area contributed by atoms with Crippen LogP contribution in [0.4, 0.5) is 5.82 Å². The van der Waals surface area contributed by atoms with Crippen molar-refractivity contribution in [3.8, 4) is 0 Å². The summed E-state index contributed by atoms with van der Waals surface area (Å²) in [5.74, 6) is 1.62. The summed E-state index contributed by atoms with van der Waals surface area (Å²) in [6.45, 7) is 3.55. The molecular formula is C17H27N5. The van der Waals surface area contributed by atoms with E-state index in [0.29, 0.717) is 12.5 Å². The fraction of sp³-hybridized carbons (Fsp3) is 0.647. The van der Waals surface area contributed by atoms with E-state index in [-0.39, 0.29) is 0 Å². The van der Waals surface area contributed by atoms with E-state index in [0.717, 1.165) is 36.5 Å². The Kier molecular flexibility index (Phi) is 4.93. The summed E-state index contributed by atoms with van der Waals surface area (Å²) >= 11 is 0. The fourth-order valence-electron chi connectivity index (χ4n) is 3.35. The molecule has 1 aliphatic carbocycles. The molecule has 0 saturated heterocycles. The van der Waals surface area contributed by atoms with Gasteiger partial charge >= 0.3 is 0 Å². The smallest absolute Gasteiger partial charge is 0.157 e. The number of aryl methyl sites for hydroxylation is 1. The number of hydrogen-bond acceptors (Lipinski definition) is 4. The molecule has 2 aromatic rings. The van der Waals surface area contributed by atoms with Crippen molar-refractivity contribution in [2.45, 2.75) is 57.8 Å². The summed E-state index contributed by atoms with van der Waals surface area (Å²) in [7, 11) is 0. The third kappa shape index (κ3) is 3.24. The van der Waals surface area contributed by atoms with Gasteiger partial charge in [-0.05, 0) is 19.3 Å². The van der Waals surface area contributed by atoms with E-state index in [2.05, 4.69) is 24.4 Å². The predicted octanol–water partition coefficient (Wildman–Crippen LogP) is 3.10. The van der Waals surface area contributed by atoms with E-state index in [9.17, 15) is 0 Å². The van der Waals surface area contributed by atoms with Gasteiger partial charge in [0.1, 0.15) is 5.82 Å². The van der Waals surface area contributed by atoms with Crippen LogP contribution < -0.4 is 11.1 Å². The zero-order valence-corrected chi connectivity index (χ0v) is 13.5. The first-order valence-corrected chi connectivity index (χ1v) is 8.65. The molecule has 5 heteroatoms. The monoisotopic (exact) mass is 301 g/mol. The summed E-state index contributed by atoms with van der Waals surface area (Å²) in [6, 6.07) is 4.30. The highest BCUT2D eigenvalue weighted by atomic mass is 15.3. The molecule has 0 radical (unpaired) electrons. The van der Waals surface area contributed by atoms with Gasteiger partial charge < -0.3 is 11.1 Å². The number of rotatable bonds is 6. The van der Waals surface area contributed by atoms with Gasteiger partial charge in [-0.3, -0.25) is 0 Å². The van der Waals surface area contributed by atoms with Crippen molar-refractivity contribution in [2.75, 3.05) is 18.4 Å². The lowest BCUT2D eigenvalue weighted by atomic mass is 9.87. The van der Waals surface area contributed by atoms with Crippen molar-refractivity contribution < 1.29 is 0 Å². The molecule has 0 unspecified atom stereocenters. The molecule has 0 atom stereocenters. The Morgan fingerprint density at radius 3 is 2.82 bits per heavy atom. The van der Waals surface area contributed by atoms with E-state index >= 15 is 0 Å². The van der Waals surface area contributed by atoms with E-state index in [1.807, 2.05) is 4.52 Å². The summed E-state index contributed by atoms with van der Waals surface area (Å²) in [5, 5.41) is 8.23. The van der Waals surface area contributed by atoms with Crippen molar-refractivity contribution in [3.63, 3.8) is 0 Å². The number of fused-ring (bicyclic) bond motifs is 1. The van der Waals surface area contributed by atoms with Crippen LogP contribution in [-0.4, -0.2) is 27.7 Å². The highest BCUT2D eigenvalue weighted by Crippen LogP contribution is 2.32. The minimum atomic E-state index is 0.604. The number of hydrogen-bond donors (Lipinski definition) is 2. The average Bonchev–Trinajstić information content (AvgIpc) is 2.98. The Hall–Kier alpha value is -1.62. The van der Waals surface area contributed by atoms with Crippen molar-refractivity contribution in [3.05, 3.63) is 23.5 Å². The molecule has 3 rings (SSSR count). The molecule has 22 heavy (non-hydrogen) atoms. The second kappa shape index (κ2) is 7.09. The Labute approximate surface area is 132 Å². The normalized spacial score (nSPS) is 16.3. The maximum absolute atomic E-state index is 5.63. The first-order valence-electron chi connectivity index (χ1n) is 8.65. The van der Waals surface area contributed by atoms with Gasteiger partial charge in [-0.25, -0.2) is 4.98 Å². The number of nitrogens with two attached hydrogens (primary N) is 1. The maximum Gasteiger partial charge on any atom is 0.157 e. The molecule has 2 heterocycles. The summed E-state index contributed by atoms with van der Waals surface area (Å²) < 4.78 is 1.96. The molecule has 5 nitrogen and oxygen atoms in total. The van der Waals surface area contributed by atoms with Gasteiger partial charge in [0.2, 0.25) is 0 Å². The highest BCUT2D eigenvalue weighted by molar-refractivity contribution is 5.51. The van der Waals surface area contributed by atoms with Gasteiger partial charge in [0.25, 0.3) is 0 Å². The molecule has 0 aliphatic heterocycles. The minimum absolute atomic E-state index is 0.604. The zero-order valence-electron chi connectivity index (χ0n) is 13.5. The Morgan fingerprint density at radius 2 is 2.09 bits per heavy atom. The molecule has 2 aromatic heterocycles. The van der Waals surface area contributed by atoms with E-state index < -0.39 is 0 Å². The highest BCUT2D eigenvalue weighted by Gasteiger charge is 2.19. The molecule has 1 saturated carbocycles. The van der Waals surface area contributed by atoms with Crippen LogP contribution in [0.15, 0.2) is 12.1 Å². The van der Waals surface area contributed by atoms with Gasteiger partial charge in [0.15, 0.2) is 5.65 Å². The summed E-state index contributed by atoms with van der Waals surface area (Å²) in [6.07, 6.45) is 8.64. The number of nitrogens with one attached hydrogen (secondary N) is 1. The lowest BCUT2D eigenvalue weighted by Crippen LogP contribution is -2.16. The van der Waals surface area contributed by atoms with Gasteiger partial charge in [0, 0.05) is 36.8 Å². The van der Waals surface area contributed by atoms with E-state index in [4.69, 9.17) is 15.8 Å². The van der Waals surface area contributed by atoms with Crippen LogP contribution in [0.25, 0.3) is 5.65 Å². The first kappa shape index (κ1) is 15.3. The van der Waals surface area contributed by atoms with E-state index in [1.165, 1.54) is 37.8 Å². The maximum atomic E-state index is 5.63. The van der Waals surface area contributed by atoms with Gasteiger partial charge in [-0.15, -0.1) is 0 Å². The fourth-order valence-corrected chi connectivity index (χ4v) is 3.35. The second-order valence-corrected chi connectivity index (χ2v) is 6.27. The Morgan fingerprint density at radius 1 is 1.27 bits per heavy atom. The SMILES string of the molecule is CCCc1cc(NCCN)n2nc(C3CCCCC3)cc2n1. The van der Waals surface area contributed by atoms with Crippen LogP contribution in [0, 0.1) is 0 Å². The second-order valence-electron chi connectivity index (χ2n) is 6.27. The lowest BCUT2D eigenvalue weighted by molar-refractivity contribution is 0.435. The van der Waals surface area contributed by atoms with E-state index in [1.54, 1.807) is 0 Å². The zero-order chi connectivity index (χ0) is 15.4. The van der Waals surface area contributed by atoms with Gasteiger partial charge in [-0.2, -0.15) is 9.61 Å². The Balaban J connectivity index is 1.96. The molecule has 0 bridgehead atoms. The molecule has 1 aliphatic rings. The third-order valence-corrected chi connectivity index (χ3v) is 4.48. The average molecular weight is 301 g/mol. The van der Waals surface area contributed by atoms with Crippen LogP contribution in [0.1, 0.15) is 62.8 Å². The molecule has 120 valence electrons. The molecule has 0 spiro atoms. The van der Waals surface area contributed by atoms with Crippen molar-refractivity contribution in [1.82, 2.24) is 14.6 Å². The van der Waals surface area contributed by atoms with Crippen molar-refractivity contribution >= 4 is 11.5 Å². The standard InChI is InChI=1S/C17H27N5/c1-2-6-14-11-16(19-10-9-18)22-17(20-14)12-15(21-22)13-7-4-3-5-8-13/h11-13,19H,2-10,18H2,1H3. The molecule has 3 N–H and O–H groups in total. The summed E-state index contributed by atoms with van der Waals surface area (Å²) in [4.78, 5) is 4.78. The Bertz CT molecular complexity index is 613. The van der Waals surface area contributed by atoms with Gasteiger partial charge in [0.05, 0.1) is 5.69 Å². The quantitative estimate of drug-likeness (QED) is 0.860. The topological polar surface area (TPSA) is 68.2 Å². The van der Waals surface area contributed by atoms with Crippen LogP contribution in [0.5, 0.6) is 0 Å². The van der Waals surface area contributed by atoms with Crippen LogP contribution >= 0.6 is 0 Å². The van der Waals surface area contributed by atoms with Crippen LogP contribution in [0.3, 0.4) is 0 Å². The first-order chi connectivity index (χ1) is 10.8. The molecule has 0 amide bonds.